The lowest BCUT2D eigenvalue weighted by Crippen LogP contribution is -1.96. The van der Waals surface area contributed by atoms with E-state index in [1.165, 1.54) is 12.8 Å². The van der Waals surface area contributed by atoms with Crippen molar-refractivity contribution in [2.75, 3.05) is 5.32 Å². The number of nitrogens with zero attached hydrogens (tertiary/aromatic N) is 4. The SMILES string of the molecule is N#Cc1nccc(Nc2cc(C3CC3)[nH]n2)n1. The maximum Gasteiger partial charge on any atom is 0.234 e. The standard InChI is InChI=1S/C11H10N6/c12-6-11-13-4-3-9(15-11)14-10-5-8(16-17-10)7-1-2-7/h3-5,7H,1-2H2,(H2,13,14,15,16,17). The Balaban J connectivity index is 1.78. The molecule has 17 heavy (non-hydrogen) atoms. The van der Waals surface area contributed by atoms with Crippen LogP contribution in [0.5, 0.6) is 0 Å². The average Bonchev–Trinajstić information content (AvgIpc) is 3.11. The molecule has 2 heterocycles. The Kier molecular flexibility index (Phi) is 2.22. The number of anilines is 2. The maximum atomic E-state index is 8.69. The summed E-state index contributed by atoms with van der Waals surface area (Å²) in [4.78, 5) is 7.82. The summed E-state index contributed by atoms with van der Waals surface area (Å²) in [6.45, 7) is 0. The summed E-state index contributed by atoms with van der Waals surface area (Å²) in [5, 5.41) is 18.9. The number of rotatable bonds is 3. The van der Waals surface area contributed by atoms with Crippen LogP contribution in [0.4, 0.5) is 11.6 Å². The molecule has 2 N–H and O–H groups in total. The molecule has 0 bridgehead atoms. The first-order valence-corrected chi connectivity index (χ1v) is 5.40. The highest BCUT2D eigenvalue weighted by molar-refractivity contribution is 5.52. The van der Waals surface area contributed by atoms with E-state index in [1.807, 2.05) is 12.1 Å². The minimum atomic E-state index is 0.146. The first kappa shape index (κ1) is 9.78. The molecule has 6 heteroatoms. The van der Waals surface area contributed by atoms with E-state index in [0.29, 0.717) is 11.7 Å². The third-order valence-corrected chi connectivity index (χ3v) is 2.63. The van der Waals surface area contributed by atoms with Gasteiger partial charge < -0.3 is 5.32 Å². The molecule has 0 spiro atoms. The fourth-order valence-electron chi connectivity index (χ4n) is 1.62. The summed E-state index contributed by atoms with van der Waals surface area (Å²) in [5.74, 6) is 2.07. The van der Waals surface area contributed by atoms with Crippen LogP contribution < -0.4 is 5.32 Å². The van der Waals surface area contributed by atoms with E-state index in [-0.39, 0.29) is 5.82 Å². The van der Waals surface area contributed by atoms with Crippen LogP contribution in [0.3, 0.4) is 0 Å². The highest BCUT2D eigenvalue weighted by atomic mass is 15.2. The molecule has 1 aliphatic rings. The molecule has 0 unspecified atom stereocenters. The van der Waals surface area contributed by atoms with Crippen molar-refractivity contribution < 1.29 is 0 Å². The van der Waals surface area contributed by atoms with Gasteiger partial charge in [0, 0.05) is 23.9 Å². The minimum absolute atomic E-state index is 0.146. The summed E-state index contributed by atoms with van der Waals surface area (Å²) >= 11 is 0. The number of nitriles is 1. The monoisotopic (exact) mass is 226 g/mol. The summed E-state index contributed by atoms with van der Waals surface area (Å²) in [7, 11) is 0. The lowest BCUT2D eigenvalue weighted by molar-refractivity contribution is 0.966. The van der Waals surface area contributed by atoms with Crippen LogP contribution in [-0.2, 0) is 0 Å². The predicted octanol–water partition coefficient (Wildman–Crippen LogP) is 1.69. The Hall–Kier alpha value is -2.42. The molecular weight excluding hydrogens is 216 g/mol. The van der Waals surface area contributed by atoms with Crippen molar-refractivity contribution in [1.82, 2.24) is 20.2 Å². The molecule has 2 aromatic rings. The number of hydrogen-bond acceptors (Lipinski definition) is 5. The highest BCUT2D eigenvalue weighted by Crippen LogP contribution is 2.39. The number of nitrogens with one attached hydrogen (secondary N) is 2. The normalized spacial score (nSPS) is 14.3. The van der Waals surface area contributed by atoms with E-state index in [2.05, 4.69) is 25.5 Å². The van der Waals surface area contributed by atoms with Crippen molar-refractivity contribution in [1.29, 1.82) is 5.26 Å². The van der Waals surface area contributed by atoms with Crippen LogP contribution in [0.2, 0.25) is 0 Å². The molecule has 0 saturated heterocycles. The Labute approximate surface area is 97.7 Å². The third-order valence-electron chi connectivity index (χ3n) is 2.63. The highest BCUT2D eigenvalue weighted by Gasteiger charge is 2.25. The van der Waals surface area contributed by atoms with Crippen molar-refractivity contribution >= 4 is 11.6 Å². The van der Waals surface area contributed by atoms with Crippen LogP contribution in [0.15, 0.2) is 18.3 Å². The van der Waals surface area contributed by atoms with E-state index >= 15 is 0 Å². The molecule has 0 atom stereocenters. The Morgan fingerprint density at radius 1 is 1.41 bits per heavy atom. The molecule has 0 aromatic carbocycles. The second kappa shape index (κ2) is 3.87. The first-order chi connectivity index (χ1) is 8.35. The molecule has 0 aliphatic heterocycles. The molecule has 1 saturated carbocycles. The van der Waals surface area contributed by atoms with Gasteiger partial charge in [-0.05, 0) is 18.9 Å². The largest absolute Gasteiger partial charge is 0.323 e. The quantitative estimate of drug-likeness (QED) is 0.831. The van der Waals surface area contributed by atoms with Crippen LogP contribution in [0.1, 0.15) is 30.3 Å². The van der Waals surface area contributed by atoms with Crippen LogP contribution in [0.25, 0.3) is 0 Å². The maximum absolute atomic E-state index is 8.69. The molecule has 1 aliphatic carbocycles. The average molecular weight is 226 g/mol. The Bertz CT molecular complexity index is 578. The van der Waals surface area contributed by atoms with Gasteiger partial charge in [0.1, 0.15) is 11.9 Å². The van der Waals surface area contributed by atoms with Crippen molar-refractivity contribution in [3.05, 3.63) is 29.8 Å². The van der Waals surface area contributed by atoms with Crippen LogP contribution in [0, 0.1) is 11.3 Å². The summed E-state index contributed by atoms with van der Waals surface area (Å²) in [5.41, 5.74) is 1.15. The van der Waals surface area contributed by atoms with Crippen LogP contribution >= 0.6 is 0 Å². The van der Waals surface area contributed by atoms with Gasteiger partial charge in [-0.3, -0.25) is 5.10 Å². The van der Waals surface area contributed by atoms with Gasteiger partial charge >= 0.3 is 0 Å². The number of hydrogen-bond donors (Lipinski definition) is 2. The van der Waals surface area contributed by atoms with E-state index < -0.39 is 0 Å². The van der Waals surface area contributed by atoms with Gasteiger partial charge in [-0.1, -0.05) is 0 Å². The lowest BCUT2D eigenvalue weighted by Gasteiger charge is -1.99. The van der Waals surface area contributed by atoms with E-state index in [9.17, 15) is 0 Å². The summed E-state index contributed by atoms with van der Waals surface area (Å²) < 4.78 is 0. The van der Waals surface area contributed by atoms with Gasteiger partial charge in [-0.25, -0.2) is 9.97 Å². The molecule has 0 amide bonds. The van der Waals surface area contributed by atoms with Gasteiger partial charge in [0.15, 0.2) is 5.82 Å². The molecule has 2 aromatic heterocycles. The molecule has 3 rings (SSSR count). The van der Waals surface area contributed by atoms with Gasteiger partial charge in [-0.2, -0.15) is 10.4 Å². The fraction of sp³-hybridized carbons (Fsp3) is 0.273. The summed E-state index contributed by atoms with van der Waals surface area (Å²) in [6.07, 6.45) is 4.00. The Morgan fingerprint density at radius 2 is 2.29 bits per heavy atom. The van der Waals surface area contributed by atoms with Crippen molar-refractivity contribution in [2.24, 2.45) is 0 Å². The lowest BCUT2D eigenvalue weighted by atomic mass is 10.3. The van der Waals surface area contributed by atoms with Gasteiger partial charge in [0.2, 0.25) is 5.82 Å². The molecule has 1 fully saturated rings. The topological polar surface area (TPSA) is 90.3 Å². The first-order valence-electron chi connectivity index (χ1n) is 5.40. The molecule has 0 radical (unpaired) electrons. The third kappa shape index (κ3) is 2.08. The smallest absolute Gasteiger partial charge is 0.234 e. The zero-order valence-corrected chi connectivity index (χ0v) is 9.01. The predicted molar refractivity (Wildman–Crippen MR) is 60.6 cm³/mol. The van der Waals surface area contributed by atoms with Gasteiger partial charge in [0.25, 0.3) is 0 Å². The summed E-state index contributed by atoms with van der Waals surface area (Å²) in [6, 6.07) is 5.57. The molecule has 84 valence electrons. The second-order valence-corrected chi connectivity index (χ2v) is 3.99. The zero-order chi connectivity index (χ0) is 11.7. The number of aromatic amines is 1. The van der Waals surface area contributed by atoms with E-state index in [0.717, 1.165) is 11.5 Å². The van der Waals surface area contributed by atoms with Gasteiger partial charge in [0.05, 0.1) is 0 Å². The van der Waals surface area contributed by atoms with Crippen molar-refractivity contribution in [3.63, 3.8) is 0 Å². The van der Waals surface area contributed by atoms with Crippen molar-refractivity contribution in [2.45, 2.75) is 18.8 Å². The van der Waals surface area contributed by atoms with Crippen LogP contribution in [-0.4, -0.2) is 20.2 Å². The fourth-order valence-corrected chi connectivity index (χ4v) is 1.62. The number of aromatic nitrogens is 4. The van der Waals surface area contributed by atoms with Crippen molar-refractivity contribution in [3.8, 4) is 6.07 Å². The molecular formula is C11H10N6. The Morgan fingerprint density at radius 3 is 3.06 bits per heavy atom. The molecule has 6 nitrogen and oxygen atoms in total. The van der Waals surface area contributed by atoms with Gasteiger partial charge in [-0.15, -0.1) is 0 Å². The van der Waals surface area contributed by atoms with E-state index in [4.69, 9.17) is 5.26 Å². The zero-order valence-electron chi connectivity index (χ0n) is 9.01. The number of H-pyrrole nitrogens is 1. The van der Waals surface area contributed by atoms with E-state index in [1.54, 1.807) is 12.3 Å². The second-order valence-electron chi connectivity index (χ2n) is 3.99. The minimum Gasteiger partial charge on any atom is -0.323 e.